The Hall–Kier alpha value is -2.03. The van der Waals surface area contributed by atoms with Crippen molar-refractivity contribution < 1.29 is 14.6 Å². The molecule has 0 unspecified atom stereocenters. The van der Waals surface area contributed by atoms with Crippen LogP contribution < -0.4 is 4.74 Å². The highest BCUT2D eigenvalue weighted by Gasteiger charge is 1.93. The first-order valence-corrected chi connectivity index (χ1v) is 8.24. The van der Waals surface area contributed by atoms with E-state index in [9.17, 15) is 4.79 Å². The van der Waals surface area contributed by atoms with Crippen LogP contribution in [0.4, 0.5) is 0 Å². The van der Waals surface area contributed by atoms with E-state index in [0.29, 0.717) is 0 Å². The van der Waals surface area contributed by atoms with Gasteiger partial charge in [0.05, 0.1) is 6.61 Å². The molecule has 0 aliphatic rings. The van der Waals surface area contributed by atoms with Crippen molar-refractivity contribution in [1.29, 1.82) is 0 Å². The van der Waals surface area contributed by atoms with Gasteiger partial charge in [0.15, 0.2) is 0 Å². The topological polar surface area (TPSA) is 46.5 Å². The van der Waals surface area contributed by atoms with E-state index in [1.807, 2.05) is 30.3 Å². The number of ether oxygens (including phenoxy) is 1. The standard InChI is InChI=1S/C15H24O.C3H4O2.C2H4/c1-2-3-4-5-6-7-11-14-16-15-12-9-8-10-13-15;1-2-3(4)5;1-2/h8-10,12-13H,2-7,11,14H2,1H3;2H,1H2,(H,4,5);1-2H2. The molecular formula is C20H32O3. The fraction of sp³-hybridized carbons (Fsp3) is 0.450. The Kier molecular flexibility index (Phi) is 20.2. The van der Waals surface area contributed by atoms with Crippen LogP contribution in [0.25, 0.3) is 0 Å². The molecule has 0 atom stereocenters. The molecule has 0 aliphatic carbocycles. The van der Waals surface area contributed by atoms with E-state index in [1.54, 1.807) is 0 Å². The van der Waals surface area contributed by atoms with Gasteiger partial charge in [-0.3, -0.25) is 0 Å². The Bertz CT molecular complexity index is 374. The van der Waals surface area contributed by atoms with E-state index in [2.05, 4.69) is 26.7 Å². The van der Waals surface area contributed by atoms with Crippen molar-refractivity contribution >= 4 is 5.97 Å². The number of carboxylic acids is 1. The predicted molar refractivity (Wildman–Crippen MR) is 99.0 cm³/mol. The maximum absolute atomic E-state index is 9.25. The van der Waals surface area contributed by atoms with Crippen LogP contribution in [0, 0.1) is 0 Å². The summed E-state index contributed by atoms with van der Waals surface area (Å²) in [7, 11) is 0. The van der Waals surface area contributed by atoms with Crippen molar-refractivity contribution in [2.75, 3.05) is 6.61 Å². The number of para-hydroxylation sites is 1. The first kappa shape index (κ1) is 23.2. The summed E-state index contributed by atoms with van der Waals surface area (Å²) >= 11 is 0. The third kappa shape index (κ3) is 20.0. The summed E-state index contributed by atoms with van der Waals surface area (Å²) in [5.74, 6) is 0.0125. The van der Waals surface area contributed by atoms with Gasteiger partial charge < -0.3 is 9.84 Å². The van der Waals surface area contributed by atoms with Gasteiger partial charge in [0.2, 0.25) is 0 Å². The molecule has 0 saturated carbocycles. The Morgan fingerprint density at radius 1 is 1.04 bits per heavy atom. The Labute approximate surface area is 141 Å². The lowest BCUT2D eigenvalue weighted by Crippen LogP contribution is -1.96. The number of rotatable bonds is 10. The van der Waals surface area contributed by atoms with Gasteiger partial charge in [-0.1, -0.05) is 70.2 Å². The molecule has 0 heterocycles. The number of hydrogen-bond acceptors (Lipinski definition) is 2. The first-order chi connectivity index (χ1) is 11.2. The predicted octanol–water partition coefficient (Wildman–Crippen LogP) is 5.88. The van der Waals surface area contributed by atoms with Crippen molar-refractivity contribution in [3.05, 3.63) is 56.1 Å². The average molecular weight is 320 g/mol. The Balaban J connectivity index is 0. The van der Waals surface area contributed by atoms with Crippen LogP contribution in [0.5, 0.6) is 5.75 Å². The van der Waals surface area contributed by atoms with Crippen molar-refractivity contribution in [2.24, 2.45) is 0 Å². The molecule has 130 valence electrons. The summed E-state index contributed by atoms with van der Waals surface area (Å²) in [6.45, 7) is 12.1. The normalized spacial score (nSPS) is 8.74. The van der Waals surface area contributed by atoms with Crippen molar-refractivity contribution in [1.82, 2.24) is 0 Å². The van der Waals surface area contributed by atoms with Crippen LogP contribution in [0.1, 0.15) is 51.9 Å². The van der Waals surface area contributed by atoms with Crippen LogP contribution in [0.2, 0.25) is 0 Å². The van der Waals surface area contributed by atoms with Crippen LogP contribution in [-0.2, 0) is 4.79 Å². The number of unbranched alkanes of at least 4 members (excludes halogenated alkanes) is 6. The largest absolute Gasteiger partial charge is 0.494 e. The second-order valence-corrected chi connectivity index (χ2v) is 4.83. The van der Waals surface area contributed by atoms with Crippen LogP contribution >= 0.6 is 0 Å². The summed E-state index contributed by atoms with van der Waals surface area (Å²) in [6.07, 6.45) is 10.2. The van der Waals surface area contributed by atoms with E-state index in [-0.39, 0.29) is 0 Å². The van der Waals surface area contributed by atoms with Crippen molar-refractivity contribution in [2.45, 2.75) is 51.9 Å². The van der Waals surface area contributed by atoms with Gasteiger partial charge in [0.25, 0.3) is 0 Å². The molecule has 3 heteroatoms. The molecule has 1 aromatic rings. The molecule has 3 nitrogen and oxygen atoms in total. The molecule has 1 N–H and O–H groups in total. The Morgan fingerprint density at radius 3 is 2.00 bits per heavy atom. The Morgan fingerprint density at radius 2 is 1.52 bits per heavy atom. The molecule has 0 radical (unpaired) electrons. The van der Waals surface area contributed by atoms with Gasteiger partial charge in [0.1, 0.15) is 5.75 Å². The highest BCUT2D eigenvalue weighted by molar-refractivity contribution is 5.78. The number of carbonyl (C=O) groups is 1. The number of carboxylic acid groups (broad SMARTS) is 1. The zero-order chi connectivity index (χ0) is 17.8. The van der Waals surface area contributed by atoms with Gasteiger partial charge in [-0.2, -0.15) is 0 Å². The molecule has 0 fully saturated rings. The molecule has 0 aromatic heterocycles. The summed E-state index contributed by atoms with van der Waals surface area (Å²) in [4.78, 5) is 9.25. The van der Waals surface area contributed by atoms with E-state index < -0.39 is 5.97 Å². The van der Waals surface area contributed by atoms with Gasteiger partial charge in [-0.05, 0) is 18.6 Å². The molecule has 0 saturated heterocycles. The highest BCUT2D eigenvalue weighted by atomic mass is 16.5. The van der Waals surface area contributed by atoms with E-state index in [0.717, 1.165) is 18.4 Å². The molecule has 1 rings (SSSR count). The van der Waals surface area contributed by atoms with Gasteiger partial charge >= 0.3 is 5.97 Å². The zero-order valence-corrected chi connectivity index (χ0v) is 14.5. The lowest BCUT2D eigenvalue weighted by atomic mass is 10.1. The van der Waals surface area contributed by atoms with E-state index in [1.165, 1.54) is 44.9 Å². The van der Waals surface area contributed by atoms with Gasteiger partial charge in [-0.25, -0.2) is 4.79 Å². The average Bonchev–Trinajstić information content (AvgIpc) is 2.60. The smallest absolute Gasteiger partial charge is 0.327 e. The maximum atomic E-state index is 9.25. The minimum Gasteiger partial charge on any atom is -0.494 e. The maximum Gasteiger partial charge on any atom is 0.327 e. The summed E-state index contributed by atoms with van der Waals surface area (Å²) in [6, 6.07) is 10.1. The van der Waals surface area contributed by atoms with Crippen molar-refractivity contribution in [3.63, 3.8) is 0 Å². The van der Waals surface area contributed by atoms with Gasteiger partial charge in [-0.15, -0.1) is 13.2 Å². The van der Waals surface area contributed by atoms with Crippen LogP contribution in [-0.4, -0.2) is 17.7 Å². The summed E-state index contributed by atoms with van der Waals surface area (Å²) < 4.78 is 5.63. The first-order valence-electron chi connectivity index (χ1n) is 8.24. The number of hydrogen-bond donors (Lipinski definition) is 1. The molecule has 0 bridgehead atoms. The second-order valence-electron chi connectivity index (χ2n) is 4.83. The SMILES string of the molecule is C=C.C=CC(=O)O.CCCCCCCCCOc1ccccc1. The fourth-order valence-electron chi connectivity index (χ4n) is 1.77. The molecule has 23 heavy (non-hydrogen) atoms. The monoisotopic (exact) mass is 320 g/mol. The van der Waals surface area contributed by atoms with E-state index >= 15 is 0 Å². The van der Waals surface area contributed by atoms with E-state index in [4.69, 9.17) is 9.84 Å². The van der Waals surface area contributed by atoms with Crippen LogP contribution in [0.3, 0.4) is 0 Å². The van der Waals surface area contributed by atoms with Crippen molar-refractivity contribution in [3.8, 4) is 5.75 Å². The molecule has 0 spiro atoms. The molecule has 1 aromatic carbocycles. The third-order valence-electron chi connectivity index (χ3n) is 2.93. The lowest BCUT2D eigenvalue weighted by Gasteiger charge is -2.05. The fourth-order valence-corrected chi connectivity index (χ4v) is 1.77. The molecular weight excluding hydrogens is 288 g/mol. The summed E-state index contributed by atoms with van der Waals surface area (Å²) in [5.41, 5.74) is 0. The van der Waals surface area contributed by atoms with Gasteiger partial charge in [0, 0.05) is 6.08 Å². The highest BCUT2D eigenvalue weighted by Crippen LogP contribution is 2.10. The zero-order valence-electron chi connectivity index (χ0n) is 14.5. The molecule has 0 amide bonds. The van der Waals surface area contributed by atoms with Crippen LogP contribution in [0.15, 0.2) is 56.1 Å². The third-order valence-corrected chi connectivity index (χ3v) is 2.93. The summed E-state index contributed by atoms with van der Waals surface area (Å²) in [5, 5.41) is 7.60. The molecule has 0 aliphatic heterocycles. The lowest BCUT2D eigenvalue weighted by molar-refractivity contribution is -0.131. The minimum absolute atomic E-state index is 0.833. The number of aliphatic carboxylic acids is 1. The second kappa shape index (κ2) is 20.0. The quantitative estimate of drug-likeness (QED) is 0.333. The minimum atomic E-state index is -0.981. The number of benzene rings is 1.